The maximum atomic E-state index is 11.2. The van der Waals surface area contributed by atoms with Crippen LogP contribution in [0.1, 0.15) is 40.0 Å². The monoisotopic (exact) mass is 216 g/mol. The Labute approximate surface area is 90.2 Å². The normalized spacial score (nSPS) is 10.9. The van der Waals surface area contributed by atoms with E-state index in [1.54, 1.807) is 0 Å². The van der Waals surface area contributed by atoms with Gasteiger partial charge in [0.05, 0.1) is 0 Å². The minimum Gasteiger partial charge on any atom is -0.480 e. The van der Waals surface area contributed by atoms with Crippen molar-refractivity contribution in [2.75, 3.05) is 6.54 Å². The summed E-state index contributed by atoms with van der Waals surface area (Å²) >= 11 is 0. The van der Waals surface area contributed by atoms with Crippen molar-refractivity contribution >= 4 is 12.0 Å². The van der Waals surface area contributed by atoms with Crippen molar-refractivity contribution in [3.63, 3.8) is 0 Å². The molecule has 0 aromatic heterocycles. The van der Waals surface area contributed by atoms with Gasteiger partial charge in [-0.1, -0.05) is 19.8 Å². The molecule has 3 N–H and O–H groups in total. The predicted molar refractivity (Wildman–Crippen MR) is 57.8 cm³/mol. The van der Waals surface area contributed by atoms with E-state index in [2.05, 4.69) is 17.6 Å². The van der Waals surface area contributed by atoms with E-state index in [0.29, 0.717) is 6.54 Å². The highest BCUT2D eigenvalue weighted by Gasteiger charge is 2.28. The Morgan fingerprint density at radius 1 is 1.27 bits per heavy atom. The topological polar surface area (TPSA) is 78.4 Å². The molecule has 2 amide bonds. The smallest absolute Gasteiger partial charge is 0.328 e. The van der Waals surface area contributed by atoms with Crippen LogP contribution in [0.15, 0.2) is 0 Å². The third-order valence-corrected chi connectivity index (χ3v) is 2.03. The number of unbranched alkanes of at least 4 members (excludes halogenated alkanes) is 2. The Bertz CT molecular complexity index is 227. The average molecular weight is 216 g/mol. The van der Waals surface area contributed by atoms with E-state index in [1.807, 2.05) is 0 Å². The summed E-state index contributed by atoms with van der Waals surface area (Å²) in [4.78, 5) is 21.9. The van der Waals surface area contributed by atoms with Gasteiger partial charge in [0.25, 0.3) is 0 Å². The molecule has 0 rings (SSSR count). The molecule has 15 heavy (non-hydrogen) atoms. The summed E-state index contributed by atoms with van der Waals surface area (Å²) in [7, 11) is 0. The van der Waals surface area contributed by atoms with Crippen molar-refractivity contribution in [1.29, 1.82) is 0 Å². The van der Waals surface area contributed by atoms with E-state index in [-0.39, 0.29) is 0 Å². The molecular formula is C10H20N2O3. The molecule has 0 bridgehead atoms. The molecule has 0 aromatic carbocycles. The fraction of sp³-hybridized carbons (Fsp3) is 0.800. The van der Waals surface area contributed by atoms with Gasteiger partial charge in [-0.05, 0) is 20.3 Å². The molecule has 0 atom stereocenters. The number of carbonyl (C=O) groups is 2. The quantitative estimate of drug-likeness (QED) is 0.586. The molecule has 0 unspecified atom stereocenters. The van der Waals surface area contributed by atoms with Crippen LogP contribution in [0.3, 0.4) is 0 Å². The van der Waals surface area contributed by atoms with E-state index < -0.39 is 17.5 Å². The highest BCUT2D eigenvalue weighted by molar-refractivity contribution is 5.85. The van der Waals surface area contributed by atoms with Crippen LogP contribution in [0.25, 0.3) is 0 Å². The number of amides is 2. The minimum atomic E-state index is -1.23. The second-order valence-electron chi connectivity index (χ2n) is 4.02. The first-order valence-corrected chi connectivity index (χ1v) is 5.19. The summed E-state index contributed by atoms with van der Waals surface area (Å²) in [6.07, 6.45) is 3.06. The molecule has 0 aliphatic heterocycles. The summed E-state index contributed by atoms with van der Waals surface area (Å²) in [5.41, 5.74) is -1.23. The van der Waals surface area contributed by atoms with Crippen LogP contribution < -0.4 is 10.6 Å². The lowest BCUT2D eigenvalue weighted by atomic mass is 10.1. The van der Waals surface area contributed by atoms with E-state index in [9.17, 15) is 9.59 Å². The first-order chi connectivity index (χ1) is 6.90. The standard InChI is InChI=1S/C10H20N2O3/c1-4-5-6-7-11-9(15)12-10(2,3)8(13)14/h4-7H2,1-3H3,(H,13,14)(H2,11,12,15). The van der Waals surface area contributed by atoms with E-state index in [0.717, 1.165) is 19.3 Å². The minimum absolute atomic E-state index is 0.432. The lowest BCUT2D eigenvalue weighted by molar-refractivity contribution is -0.142. The third kappa shape index (κ3) is 5.93. The van der Waals surface area contributed by atoms with Gasteiger partial charge in [0.15, 0.2) is 0 Å². The lowest BCUT2D eigenvalue weighted by Crippen LogP contribution is -2.53. The van der Waals surface area contributed by atoms with Crippen LogP contribution in [0.4, 0.5) is 4.79 Å². The number of carboxylic acids is 1. The summed E-state index contributed by atoms with van der Waals surface area (Å²) in [6, 6.07) is -0.432. The number of nitrogens with one attached hydrogen (secondary N) is 2. The van der Waals surface area contributed by atoms with Crippen molar-refractivity contribution in [3.05, 3.63) is 0 Å². The molecule has 0 saturated carbocycles. The maximum Gasteiger partial charge on any atom is 0.328 e. The van der Waals surface area contributed by atoms with Crippen molar-refractivity contribution in [3.8, 4) is 0 Å². The molecule has 0 aliphatic carbocycles. The van der Waals surface area contributed by atoms with Gasteiger partial charge < -0.3 is 15.7 Å². The second-order valence-corrected chi connectivity index (χ2v) is 4.02. The van der Waals surface area contributed by atoms with Gasteiger partial charge >= 0.3 is 12.0 Å². The summed E-state index contributed by atoms with van der Waals surface area (Å²) in [5.74, 6) is -1.05. The molecule has 88 valence electrons. The molecule has 5 nitrogen and oxygen atoms in total. The molecule has 0 aromatic rings. The van der Waals surface area contributed by atoms with E-state index >= 15 is 0 Å². The van der Waals surface area contributed by atoms with Crippen LogP contribution in [-0.4, -0.2) is 29.2 Å². The zero-order valence-corrected chi connectivity index (χ0v) is 9.59. The molecular weight excluding hydrogens is 196 g/mol. The van der Waals surface area contributed by atoms with Gasteiger partial charge in [-0.15, -0.1) is 0 Å². The summed E-state index contributed by atoms with van der Waals surface area (Å²) in [5, 5.41) is 13.8. The maximum absolute atomic E-state index is 11.2. The first-order valence-electron chi connectivity index (χ1n) is 5.19. The average Bonchev–Trinajstić information content (AvgIpc) is 2.11. The molecule has 0 heterocycles. The summed E-state index contributed by atoms with van der Waals surface area (Å²) < 4.78 is 0. The number of rotatable bonds is 6. The Hall–Kier alpha value is -1.26. The van der Waals surface area contributed by atoms with Crippen LogP contribution in [-0.2, 0) is 4.79 Å². The van der Waals surface area contributed by atoms with Gasteiger partial charge in [0.1, 0.15) is 5.54 Å². The van der Waals surface area contributed by atoms with Crippen LogP contribution >= 0.6 is 0 Å². The van der Waals surface area contributed by atoms with E-state index in [1.165, 1.54) is 13.8 Å². The Kier molecular flexibility index (Phi) is 5.74. The third-order valence-electron chi connectivity index (χ3n) is 2.03. The number of hydrogen-bond donors (Lipinski definition) is 3. The van der Waals surface area contributed by atoms with Gasteiger partial charge in [-0.2, -0.15) is 0 Å². The zero-order chi connectivity index (χ0) is 11.9. The van der Waals surface area contributed by atoms with Gasteiger partial charge in [0, 0.05) is 6.54 Å². The second kappa shape index (κ2) is 6.27. The SMILES string of the molecule is CCCCCNC(=O)NC(C)(C)C(=O)O. The number of aliphatic carboxylic acids is 1. The predicted octanol–water partition coefficient (Wildman–Crippen LogP) is 1.34. The van der Waals surface area contributed by atoms with Crippen molar-refractivity contribution < 1.29 is 14.7 Å². The zero-order valence-electron chi connectivity index (χ0n) is 9.59. The number of carboxylic acid groups (broad SMARTS) is 1. The van der Waals surface area contributed by atoms with Gasteiger partial charge in [-0.3, -0.25) is 0 Å². The largest absolute Gasteiger partial charge is 0.480 e. The molecule has 0 aliphatic rings. The molecule has 5 heteroatoms. The molecule has 0 radical (unpaired) electrons. The van der Waals surface area contributed by atoms with Gasteiger partial charge in [0.2, 0.25) is 0 Å². The number of carbonyl (C=O) groups excluding carboxylic acids is 1. The molecule has 0 spiro atoms. The van der Waals surface area contributed by atoms with Crippen LogP contribution in [0.5, 0.6) is 0 Å². The van der Waals surface area contributed by atoms with Crippen molar-refractivity contribution in [2.45, 2.75) is 45.6 Å². The fourth-order valence-corrected chi connectivity index (χ4v) is 0.958. The Balaban J connectivity index is 3.79. The van der Waals surface area contributed by atoms with Crippen molar-refractivity contribution in [1.82, 2.24) is 10.6 Å². The summed E-state index contributed by atoms with van der Waals surface area (Å²) in [6.45, 7) is 5.55. The molecule has 0 fully saturated rings. The highest BCUT2D eigenvalue weighted by Crippen LogP contribution is 2.00. The number of hydrogen-bond acceptors (Lipinski definition) is 2. The van der Waals surface area contributed by atoms with Crippen LogP contribution in [0.2, 0.25) is 0 Å². The Morgan fingerprint density at radius 3 is 2.33 bits per heavy atom. The Morgan fingerprint density at radius 2 is 1.87 bits per heavy atom. The van der Waals surface area contributed by atoms with Crippen LogP contribution in [0, 0.1) is 0 Å². The van der Waals surface area contributed by atoms with E-state index in [4.69, 9.17) is 5.11 Å². The highest BCUT2D eigenvalue weighted by atomic mass is 16.4. The first kappa shape index (κ1) is 13.7. The van der Waals surface area contributed by atoms with Gasteiger partial charge in [-0.25, -0.2) is 9.59 Å². The number of urea groups is 1. The molecule has 0 saturated heterocycles. The fourth-order valence-electron chi connectivity index (χ4n) is 0.958. The van der Waals surface area contributed by atoms with Crippen molar-refractivity contribution in [2.24, 2.45) is 0 Å². The lowest BCUT2D eigenvalue weighted by Gasteiger charge is -2.21.